The molecule has 0 spiro atoms. The van der Waals surface area contributed by atoms with E-state index in [1.54, 1.807) is 42.6 Å². The van der Waals surface area contributed by atoms with Crippen LogP contribution in [0.4, 0.5) is 10.5 Å². The maximum Gasteiger partial charge on any atom is 0.319 e. The van der Waals surface area contributed by atoms with Crippen LogP contribution in [0.2, 0.25) is 5.02 Å². The van der Waals surface area contributed by atoms with Crippen molar-refractivity contribution in [2.24, 2.45) is 5.73 Å². The monoisotopic (exact) mass is 440 g/mol. The van der Waals surface area contributed by atoms with Crippen LogP contribution < -0.4 is 25.8 Å². The quantitative estimate of drug-likeness (QED) is 0.513. The van der Waals surface area contributed by atoms with Crippen molar-refractivity contribution < 1.29 is 19.1 Å². The van der Waals surface area contributed by atoms with Crippen molar-refractivity contribution in [2.45, 2.75) is 25.3 Å². The number of rotatable bonds is 7. The van der Waals surface area contributed by atoms with E-state index < -0.39 is 5.91 Å². The Labute approximate surface area is 183 Å². The van der Waals surface area contributed by atoms with E-state index in [2.05, 4.69) is 15.6 Å². The predicted octanol–water partition coefficient (Wildman–Crippen LogP) is 4.00. The number of methoxy groups -OCH3 is 1. The molecule has 2 aromatic carbocycles. The number of carbonyl (C=O) groups is 2. The smallest absolute Gasteiger partial charge is 0.319 e. The Morgan fingerprint density at radius 1 is 1.19 bits per heavy atom. The Bertz CT molecular complexity index is 1160. The van der Waals surface area contributed by atoms with Crippen LogP contribution in [0.1, 0.15) is 18.4 Å². The molecule has 1 fully saturated rings. The van der Waals surface area contributed by atoms with Gasteiger partial charge in [0, 0.05) is 35.3 Å². The summed E-state index contributed by atoms with van der Waals surface area (Å²) < 4.78 is 11.4. The minimum absolute atomic E-state index is 0.0303. The van der Waals surface area contributed by atoms with E-state index in [9.17, 15) is 9.59 Å². The highest BCUT2D eigenvalue weighted by Crippen LogP contribution is 2.35. The van der Waals surface area contributed by atoms with Gasteiger partial charge in [-0.15, -0.1) is 0 Å². The van der Waals surface area contributed by atoms with Crippen molar-refractivity contribution in [3.8, 4) is 17.2 Å². The Balaban J connectivity index is 1.59. The summed E-state index contributed by atoms with van der Waals surface area (Å²) in [7, 11) is 1.52. The minimum atomic E-state index is -0.468. The van der Waals surface area contributed by atoms with E-state index in [0.29, 0.717) is 44.4 Å². The average Bonchev–Trinajstić information content (AvgIpc) is 3.53. The molecule has 8 nitrogen and oxygen atoms in total. The van der Waals surface area contributed by atoms with E-state index in [0.717, 1.165) is 12.8 Å². The molecular weight excluding hydrogens is 420 g/mol. The van der Waals surface area contributed by atoms with E-state index in [-0.39, 0.29) is 18.5 Å². The van der Waals surface area contributed by atoms with Gasteiger partial charge in [0.15, 0.2) is 0 Å². The predicted molar refractivity (Wildman–Crippen MR) is 118 cm³/mol. The molecule has 0 radical (unpaired) electrons. The fourth-order valence-electron chi connectivity index (χ4n) is 3.16. The normalized spacial score (nSPS) is 13.0. The molecule has 1 aliphatic carbocycles. The summed E-state index contributed by atoms with van der Waals surface area (Å²) in [5, 5.41) is 6.62. The number of carbonyl (C=O) groups excluding carboxylic acids is 2. The van der Waals surface area contributed by atoms with Crippen LogP contribution in [0, 0.1) is 0 Å². The molecule has 0 saturated heterocycles. The second-order valence-electron chi connectivity index (χ2n) is 7.25. The SMILES string of the molecule is COc1cc2nccc(Oc3ccc(NC(=O)NC4CC4)c(Cl)c3)c2cc1CC(N)=O. The largest absolute Gasteiger partial charge is 0.496 e. The van der Waals surface area contributed by atoms with Gasteiger partial charge in [-0.25, -0.2) is 4.79 Å². The number of halogens is 1. The standard InChI is InChI=1S/C22H21ClN4O4/c1-30-20-11-18-15(8-12(20)9-21(24)28)19(6-7-25-18)31-14-4-5-17(16(23)10-14)27-22(29)26-13-2-3-13/h4-8,10-11,13H,2-3,9H2,1H3,(H2,24,28)(H2,26,27,29). The molecule has 4 rings (SSSR count). The van der Waals surface area contributed by atoms with Crippen molar-refractivity contribution in [1.82, 2.24) is 10.3 Å². The lowest BCUT2D eigenvalue weighted by Gasteiger charge is -2.14. The van der Waals surface area contributed by atoms with Crippen LogP contribution in [0.15, 0.2) is 42.6 Å². The van der Waals surface area contributed by atoms with E-state index in [4.69, 9.17) is 26.8 Å². The van der Waals surface area contributed by atoms with Crippen LogP contribution in [-0.2, 0) is 11.2 Å². The Morgan fingerprint density at radius 2 is 2.00 bits per heavy atom. The number of urea groups is 1. The van der Waals surface area contributed by atoms with Gasteiger partial charge in [0.1, 0.15) is 17.2 Å². The number of anilines is 1. The van der Waals surface area contributed by atoms with Gasteiger partial charge in [-0.2, -0.15) is 0 Å². The molecule has 3 aromatic rings. The molecule has 1 aromatic heterocycles. The molecule has 1 heterocycles. The molecular formula is C22H21ClN4O4. The number of primary amides is 1. The molecule has 9 heteroatoms. The number of aromatic nitrogens is 1. The molecule has 3 amide bonds. The van der Waals surface area contributed by atoms with Crippen LogP contribution >= 0.6 is 11.6 Å². The highest BCUT2D eigenvalue weighted by molar-refractivity contribution is 6.33. The first-order chi connectivity index (χ1) is 14.9. The number of amides is 3. The Kier molecular flexibility index (Phi) is 5.81. The number of hydrogen-bond acceptors (Lipinski definition) is 5. The van der Waals surface area contributed by atoms with Gasteiger partial charge in [0.2, 0.25) is 5.91 Å². The van der Waals surface area contributed by atoms with Crippen LogP contribution in [0.5, 0.6) is 17.2 Å². The molecule has 0 bridgehead atoms. The number of ether oxygens (including phenoxy) is 2. The minimum Gasteiger partial charge on any atom is -0.496 e. The first-order valence-corrected chi connectivity index (χ1v) is 10.1. The molecule has 1 aliphatic rings. The summed E-state index contributed by atoms with van der Waals surface area (Å²) in [6, 6.07) is 10.2. The molecule has 4 N–H and O–H groups in total. The van der Waals surface area contributed by atoms with Crippen molar-refractivity contribution in [1.29, 1.82) is 0 Å². The molecule has 31 heavy (non-hydrogen) atoms. The van der Waals surface area contributed by atoms with Gasteiger partial charge in [-0.05, 0) is 37.1 Å². The summed E-state index contributed by atoms with van der Waals surface area (Å²) in [4.78, 5) is 27.7. The van der Waals surface area contributed by atoms with Crippen molar-refractivity contribution in [3.05, 3.63) is 53.2 Å². The first kappa shape index (κ1) is 20.7. The number of fused-ring (bicyclic) bond motifs is 1. The zero-order valence-corrected chi connectivity index (χ0v) is 17.5. The first-order valence-electron chi connectivity index (χ1n) is 9.72. The number of nitrogens with zero attached hydrogens (tertiary/aromatic N) is 1. The fraction of sp³-hybridized carbons (Fsp3) is 0.227. The third-order valence-electron chi connectivity index (χ3n) is 4.80. The third kappa shape index (κ3) is 4.97. The average molecular weight is 441 g/mol. The van der Waals surface area contributed by atoms with Crippen LogP contribution in [0.25, 0.3) is 10.9 Å². The van der Waals surface area contributed by atoms with E-state index >= 15 is 0 Å². The summed E-state index contributed by atoms with van der Waals surface area (Å²) in [5.41, 5.74) is 7.13. The summed E-state index contributed by atoms with van der Waals surface area (Å²) in [6.45, 7) is 0. The molecule has 0 aliphatic heterocycles. The number of nitrogens with two attached hydrogens (primary N) is 1. The van der Waals surface area contributed by atoms with Crippen LogP contribution in [0.3, 0.4) is 0 Å². The topological polar surface area (TPSA) is 116 Å². The van der Waals surface area contributed by atoms with Gasteiger partial charge < -0.3 is 25.8 Å². The maximum absolute atomic E-state index is 11.9. The lowest BCUT2D eigenvalue weighted by atomic mass is 10.1. The molecule has 160 valence electrons. The van der Waals surface area contributed by atoms with E-state index in [1.165, 1.54) is 7.11 Å². The Hall–Kier alpha value is -3.52. The van der Waals surface area contributed by atoms with Gasteiger partial charge in [-0.1, -0.05) is 11.6 Å². The fourth-order valence-corrected chi connectivity index (χ4v) is 3.37. The second-order valence-corrected chi connectivity index (χ2v) is 7.66. The lowest BCUT2D eigenvalue weighted by molar-refractivity contribution is -0.117. The molecule has 0 atom stereocenters. The number of nitrogens with one attached hydrogen (secondary N) is 2. The van der Waals surface area contributed by atoms with Crippen LogP contribution in [-0.4, -0.2) is 30.1 Å². The number of pyridine rings is 1. The number of benzene rings is 2. The van der Waals surface area contributed by atoms with E-state index in [1.807, 2.05) is 0 Å². The van der Waals surface area contributed by atoms with Crippen molar-refractivity contribution >= 4 is 40.1 Å². The molecule has 0 unspecified atom stereocenters. The van der Waals surface area contributed by atoms with Gasteiger partial charge in [0.05, 0.1) is 29.8 Å². The van der Waals surface area contributed by atoms with Gasteiger partial charge in [0.25, 0.3) is 0 Å². The summed E-state index contributed by atoms with van der Waals surface area (Å²) in [5.74, 6) is 1.07. The van der Waals surface area contributed by atoms with Gasteiger partial charge >= 0.3 is 6.03 Å². The third-order valence-corrected chi connectivity index (χ3v) is 5.11. The highest BCUT2D eigenvalue weighted by atomic mass is 35.5. The highest BCUT2D eigenvalue weighted by Gasteiger charge is 2.23. The summed E-state index contributed by atoms with van der Waals surface area (Å²) >= 11 is 6.33. The maximum atomic E-state index is 11.9. The summed E-state index contributed by atoms with van der Waals surface area (Å²) in [6.07, 6.45) is 3.65. The van der Waals surface area contributed by atoms with Gasteiger partial charge in [-0.3, -0.25) is 9.78 Å². The zero-order chi connectivity index (χ0) is 22.0. The molecule has 1 saturated carbocycles. The lowest BCUT2D eigenvalue weighted by Crippen LogP contribution is -2.30. The number of hydrogen-bond donors (Lipinski definition) is 3. The Morgan fingerprint density at radius 3 is 2.68 bits per heavy atom. The zero-order valence-electron chi connectivity index (χ0n) is 16.8. The second kappa shape index (κ2) is 8.69. The van der Waals surface area contributed by atoms with Crippen molar-refractivity contribution in [2.75, 3.05) is 12.4 Å². The van der Waals surface area contributed by atoms with Crippen molar-refractivity contribution in [3.63, 3.8) is 0 Å².